The molecule has 41 heavy (non-hydrogen) atoms. The van der Waals surface area contributed by atoms with E-state index in [0.717, 1.165) is 24.3 Å². The Morgan fingerprint density at radius 1 is 1.00 bits per heavy atom. The second-order valence-corrected chi connectivity index (χ2v) is 9.28. The highest BCUT2D eigenvalue weighted by atomic mass is 19.4. The van der Waals surface area contributed by atoms with Crippen molar-refractivity contribution in [1.82, 2.24) is 15.1 Å². The van der Waals surface area contributed by atoms with E-state index in [-0.39, 0.29) is 23.5 Å². The Hall–Kier alpha value is -5.00. The maximum atomic E-state index is 14.0. The van der Waals surface area contributed by atoms with Crippen molar-refractivity contribution in [2.45, 2.75) is 25.1 Å². The van der Waals surface area contributed by atoms with Crippen molar-refractivity contribution in [2.75, 3.05) is 11.4 Å². The molecule has 210 valence electrons. The van der Waals surface area contributed by atoms with Crippen LogP contribution >= 0.6 is 0 Å². The van der Waals surface area contributed by atoms with Gasteiger partial charge in [-0.15, -0.1) is 0 Å². The number of nitrogens with one attached hydrogen (secondary N) is 1. The number of carboxylic acids is 1. The van der Waals surface area contributed by atoms with Crippen LogP contribution in [0.4, 0.5) is 23.4 Å². The van der Waals surface area contributed by atoms with Crippen molar-refractivity contribution in [2.24, 2.45) is 0 Å². The van der Waals surface area contributed by atoms with E-state index in [0.29, 0.717) is 17.3 Å². The second-order valence-electron chi connectivity index (χ2n) is 9.28. The number of aromatic nitrogens is 2. The number of likely N-dealkylation sites (N-methyl/N-ethyl adjacent to an activating group) is 1. The van der Waals surface area contributed by atoms with Gasteiger partial charge in [0.1, 0.15) is 17.7 Å². The Labute approximate surface area is 230 Å². The zero-order valence-electron chi connectivity index (χ0n) is 21.4. The van der Waals surface area contributed by atoms with Gasteiger partial charge in [0.2, 0.25) is 0 Å². The Bertz CT molecular complexity index is 1640. The second kappa shape index (κ2) is 10.5. The average molecular weight is 567 g/mol. The van der Waals surface area contributed by atoms with E-state index in [4.69, 9.17) is 0 Å². The van der Waals surface area contributed by atoms with Crippen LogP contribution in [-0.2, 0) is 11.0 Å². The van der Waals surface area contributed by atoms with Crippen LogP contribution in [0.1, 0.15) is 50.4 Å². The van der Waals surface area contributed by atoms with E-state index in [1.807, 2.05) is 0 Å². The van der Waals surface area contributed by atoms with E-state index in [2.05, 4.69) is 10.4 Å². The lowest BCUT2D eigenvalue weighted by Crippen LogP contribution is -2.55. The molecular weight excluding hydrogens is 544 g/mol. The first-order valence-corrected chi connectivity index (χ1v) is 12.5. The molecule has 4 aromatic rings. The molecular formula is C29H22F4N4O4. The molecule has 0 saturated heterocycles. The Balaban J connectivity index is 1.70. The lowest BCUT2D eigenvalue weighted by molar-refractivity contribution is -0.137. The third-order valence-electron chi connectivity index (χ3n) is 6.82. The summed E-state index contributed by atoms with van der Waals surface area (Å²) in [7, 11) is 0. The summed E-state index contributed by atoms with van der Waals surface area (Å²) in [6.07, 6.45) is -4.70. The van der Waals surface area contributed by atoms with Crippen LogP contribution in [0, 0.1) is 5.82 Å². The summed E-state index contributed by atoms with van der Waals surface area (Å²) in [5.41, 5.74) is -0.957. The van der Waals surface area contributed by atoms with Crippen molar-refractivity contribution in [3.8, 4) is 5.69 Å². The molecule has 0 radical (unpaired) electrons. The summed E-state index contributed by atoms with van der Waals surface area (Å²) in [4.78, 5) is 41.0. The van der Waals surface area contributed by atoms with E-state index in [1.165, 1.54) is 27.8 Å². The van der Waals surface area contributed by atoms with E-state index >= 15 is 0 Å². The van der Waals surface area contributed by atoms with Gasteiger partial charge in [0, 0.05) is 23.6 Å². The number of hydrogen-bond donors (Lipinski definition) is 2. The number of hydrogen-bond acceptors (Lipinski definition) is 4. The third kappa shape index (κ3) is 5.04. The molecule has 0 saturated carbocycles. The Morgan fingerprint density at radius 2 is 1.68 bits per heavy atom. The summed E-state index contributed by atoms with van der Waals surface area (Å²) in [6.45, 7) is 1.70. The minimum atomic E-state index is -4.70. The molecule has 0 fully saturated rings. The first kappa shape index (κ1) is 27.6. The Morgan fingerprint density at radius 3 is 2.29 bits per heavy atom. The van der Waals surface area contributed by atoms with E-state index in [1.54, 1.807) is 37.3 Å². The first-order chi connectivity index (χ1) is 19.5. The summed E-state index contributed by atoms with van der Waals surface area (Å²) in [5.74, 6) is -4.64. The summed E-state index contributed by atoms with van der Waals surface area (Å²) in [6, 6.07) is 15.7. The average Bonchev–Trinajstić information content (AvgIpc) is 3.34. The van der Waals surface area contributed by atoms with Crippen molar-refractivity contribution >= 4 is 23.6 Å². The molecule has 2 N–H and O–H groups in total. The number of nitrogens with zero attached hydrogens (tertiary/aromatic N) is 3. The fraction of sp³-hybridized carbons (Fsp3) is 0.172. The van der Waals surface area contributed by atoms with Gasteiger partial charge in [-0.1, -0.05) is 36.4 Å². The number of amides is 2. The predicted molar refractivity (Wildman–Crippen MR) is 139 cm³/mol. The maximum absolute atomic E-state index is 14.0. The van der Waals surface area contributed by atoms with Gasteiger partial charge in [0.15, 0.2) is 5.69 Å². The highest BCUT2D eigenvalue weighted by molar-refractivity contribution is 6.07. The van der Waals surface area contributed by atoms with Gasteiger partial charge in [-0.25, -0.2) is 13.9 Å². The molecule has 2 heterocycles. The van der Waals surface area contributed by atoms with Crippen molar-refractivity contribution in [3.05, 3.63) is 113 Å². The molecule has 0 unspecified atom stereocenters. The van der Waals surface area contributed by atoms with Gasteiger partial charge in [0.25, 0.3) is 11.8 Å². The largest absolute Gasteiger partial charge is 0.476 e. The fourth-order valence-electron chi connectivity index (χ4n) is 5.00. The normalized spacial score (nSPS) is 16.8. The van der Waals surface area contributed by atoms with Crippen LogP contribution in [-0.4, -0.2) is 45.3 Å². The Kier molecular flexibility index (Phi) is 7.08. The van der Waals surface area contributed by atoms with Crippen LogP contribution in [0.15, 0.2) is 78.9 Å². The summed E-state index contributed by atoms with van der Waals surface area (Å²) in [5, 5.41) is 17.0. The van der Waals surface area contributed by atoms with Gasteiger partial charge < -0.3 is 10.4 Å². The fourth-order valence-corrected chi connectivity index (χ4v) is 5.00. The highest BCUT2D eigenvalue weighted by Crippen LogP contribution is 2.43. The van der Waals surface area contributed by atoms with Crippen LogP contribution in [0.25, 0.3) is 5.69 Å². The number of aromatic carboxylic acids is 1. The first-order valence-electron chi connectivity index (χ1n) is 12.5. The number of anilines is 1. The number of rotatable bonds is 6. The molecule has 2 amide bonds. The van der Waals surface area contributed by atoms with Crippen LogP contribution in [0.3, 0.4) is 0 Å². The lowest BCUT2D eigenvalue weighted by Gasteiger charge is -2.38. The lowest BCUT2D eigenvalue weighted by atomic mass is 9.80. The molecule has 3 aromatic carbocycles. The number of para-hydroxylation sites is 1. The molecule has 0 aliphatic carbocycles. The number of benzene rings is 3. The molecule has 5 rings (SSSR count). The summed E-state index contributed by atoms with van der Waals surface area (Å²) < 4.78 is 55.1. The zero-order valence-corrected chi connectivity index (χ0v) is 21.4. The van der Waals surface area contributed by atoms with Gasteiger partial charge in [0.05, 0.1) is 11.3 Å². The number of carbonyl (C=O) groups is 3. The minimum absolute atomic E-state index is 0.0511. The zero-order chi connectivity index (χ0) is 29.5. The van der Waals surface area contributed by atoms with Crippen LogP contribution in [0.2, 0.25) is 0 Å². The molecule has 0 spiro atoms. The number of carboxylic acid groups (broad SMARTS) is 1. The van der Waals surface area contributed by atoms with E-state index < -0.39 is 53.0 Å². The molecule has 1 aliphatic heterocycles. The van der Waals surface area contributed by atoms with Crippen LogP contribution < -0.4 is 10.2 Å². The van der Waals surface area contributed by atoms with Gasteiger partial charge in [-0.2, -0.15) is 18.3 Å². The van der Waals surface area contributed by atoms with Gasteiger partial charge in [-0.3, -0.25) is 14.5 Å². The quantitative estimate of drug-likeness (QED) is 0.319. The van der Waals surface area contributed by atoms with Crippen molar-refractivity contribution < 1.29 is 37.1 Å². The molecule has 12 heteroatoms. The predicted octanol–water partition coefficient (Wildman–Crippen LogP) is 5.03. The number of alkyl halides is 3. The van der Waals surface area contributed by atoms with E-state index in [9.17, 15) is 37.1 Å². The molecule has 1 aliphatic rings. The number of carbonyl (C=O) groups excluding carboxylic acids is 2. The summed E-state index contributed by atoms with van der Waals surface area (Å²) >= 11 is 0. The number of fused-ring (bicyclic) bond motifs is 1. The smallest absolute Gasteiger partial charge is 0.416 e. The highest BCUT2D eigenvalue weighted by Gasteiger charge is 2.47. The van der Waals surface area contributed by atoms with Crippen molar-refractivity contribution in [3.63, 3.8) is 0 Å². The maximum Gasteiger partial charge on any atom is 0.416 e. The minimum Gasteiger partial charge on any atom is -0.476 e. The number of halogens is 4. The molecule has 8 nitrogen and oxygen atoms in total. The third-order valence-corrected chi connectivity index (χ3v) is 6.82. The molecule has 1 aromatic heterocycles. The molecule has 0 bridgehead atoms. The van der Waals surface area contributed by atoms with Gasteiger partial charge in [-0.05, 0) is 55.0 Å². The standard InChI is InChI=1S/C29H22F4N4O4/c1-2-36-26-22(24(28(40)41)35-37(26)20-9-4-3-5-10-20)21(16-11-13-19(30)14-12-16)23(27(36)39)34-25(38)17-7-6-8-18(15-17)29(31,32)33/h3-15,21,23H,2H2,1H3,(H,34,38)(H,40,41)/t21-,23-/m0/s1. The monoisotopic (exact) mass is 566 g/mol. The van der Waals surface area contributed by atoms with Gasteiger partial charge >= 0.3 is 12.1 Å². The topological polar surface area (TPSA) is 105 Å². The SMILES string of the molecule is CCN1C(=O)[C@@H](NC(=O)c2cccc(C(F)(F)F)c2)[C@@H](c2ccc(F)cc2)c2c(C(=O)O)nn(-c3ccccc3)c21. The van der Waals surface area contributed by atoms with Crippen molar-refractivity contribution in [1.29, 1.82) is 0 Å². The van der Waals surface area contributed by atoms with Crippen LogP contribution in [0.5, 0.6) is 0 Å². The molecule has 2 atom stereocenters.